The second kappa shape index (κ2) is 18.1. The highest BCUT2D eigenvalue weighted by molar-refractivity contribution is 6.20. The number of carbonyl (C=O) groups is 1. The highest BCUT2D eigenvalue weighted by Gasteiger charge is 2.05. The summed E-state index contributed by atoms with van der Waals surface area (Å²) in [6, 6.07) is 0. The predicted molar refractivity (Wildman–Crippen MR) is 101 cm³/mol. The van der Waals surface area contributed by atoms with Gasteiger partial charge in [-0.15, -0.1) is 11.6 Å². The Bertz CT molecular complexity index is 256. The van der Waals surface area contributed by atoms with E-state index in [1.54, 1.807) is 0 Å². The number of rotatable bonds is 17. The normalized spacial score (nSPS) is 12.3. The van der Waals surface area contributed by atoms with E-state index in [1.165, 1.54) is 90.4 Å². The van der Waals surface area contributed by atoms with Crippen molar-refractivity contribution in [3.05, 3.63) is 0 Å². The minimum Gasteiger partial charge on any atom is -0.466 e. The molecule has 0 heterocycles. The van der Waals surface area contributed by atoms with E-state index in [0.717, 1.165) is 12.8 Å². The summed E-state index contributed by atoms with van der Waals surface area (Å²) in [6.07, 6.45) is 19.7. The second-order valence-corrected chi connectivity index (χ2v) is 7.37. The van der Waals surface area contributed by atoms with Crippen molar-refractivity contribution < 1.29 is 9.53 Å². The molecule has 0 aromatic rings. The lowest BCUT2D eigenvalue weighted by Crippen LogP contribution is -2.07. The molecule has 0 radical (unpaired) electrons. The van der Waals surface area contributed by atoms with Gasteiger partial charge < -0.3 is 4.74 Å². The molecule has 23 heavy (non-hydrogen) atoms. The fraction of sp³-hybridized carbons (Fsp3) is 0.950. The molecule has 0 aromatic heterocycles. The van der Waals surface area contributed by atoms with Gasteiger partial charge in [0.1, 0.15) is 0 Å². The molecule has 0 amide bonds. The zero-order valence-corrected chi connectivity index (χ0v) is 16.3. The number of hydrogen-bond donors (Lipinski definition) is 0. The lowest BCUT2D eigenvalue weighted by Gasteiger charge is -2.09. The fourth-order valence-corrected chi connectivity index (χ4v) is 3.10. The third kappa shape index (κ3) is 19.7. The Kier molecular flexibility index (Phi) is 17.9. The number of esters is 1. The molecule has 3 heteroatoms. The highest BCUT2D eigenvalue weighted by Crippen LogP contribution is 2.16. The lowest BCUT2D eigenvalue weighted by atomic mass is 10.0. The van der Waals surface area contributed by atoms with E-state index in [4.69, 9.17) is 16.3 Å². The first-order valence-electron chi connectivity index (χ1n) is 9.94. The van der Waals surface area contributed by atoms with Crippen molar-refractivity contribution in [3.63, 3.8) is 0 Å². The van der Waals surface area contributed by atoms with Crippen molar-refractivity contribution in [2.24, 2.45) is 0 Å². The van der Waals surface area contributed by atoms with Gasteiger partial charge in [-0.2, -0.15) is 0 Å². The van der Waals surface area contributed by atoms with Crippen molar-refractivity contribution in [2.75, 3.05) is 6.61 Å². The van der Waals surface area contributed by atoms with Gasteiger partial charge in [0.25, 0.3) is 0 Å². The average molecular weight is 347 g/mol. The molecule has 0 spiro atoms. The summed E-state index contributed by atoms with van der Waals surface area (Å²) >= 11 is 6.22. The minimum atomic E-state index is -0.213. The monoisotopic (exact) mass is 346 g/mol. The summed E-state index contributed by atoms with van der Waals surface area (Å²) in [5.41, 5.74) is 0. The smallest absolute Gasteiger partial charge is 0.302 e. The van der Waals surface area contributed by atoms with Crippen LogP contribution in [0.1, 0.15) is 110 Å². The molecule has 0 aliphatic rings. The van der Waals surface area contributed by atoms with Crippen LogP contribution in [-0.4, -0.2) is 18.0 Å². The summed E-state index contributed by atoms with van der Waals surface area (Å²) in [5, 5.41) is 0.155. The van der Waals surface area contributed by atoms with Gasteiger partial charge in [0.05, 0.1) is 6.61 Å². The molecule has 138 valence electrons. The summed E-state index contributed by atoms with van der Waals surface area (Å²) in [5.74, 6) is -0.213. The topological polar surface area (TPSA) is 26.3 Å². The Hall–Kier alpha value is -0.240. The second-order valence-electron chi connectivity index (χ2n) is 6.76. The van der Waals surface area contributed by atoms with Crippen LogP contribution in [0.3, 0.4) is 0 Å². The molecule has 2 nitrogen and oxygen atoms in total. The van der Waals surface area contributed by atoms with Gasteiger partial charge in [-0.3, -0.25) is 4.79 Å². The van der Waals surface area contributed by atoms with Gasteiger partial charge in [0.15, 0.2) is 0 Å². The van der Waals surface area contributed by atoms with E-state index in [1.807, 2.05) is 0 Å². The first-order chi connectivity index (χ1) is 11.2. The van der Waals surface area contributed by atoms with Crippen molar-refractivity contribution in [2.45, 2.75) is 116 Å². The minimum absolute atomic E-state index is 0.155. The molecular weight excluding hydrogens is 308 g/mol. The molecule has 0 bridgehead atoms. The Morgan fingerprint density at radius 1 is 0.783 bits per heavy atom. The third-order valence-corrected chi connectivity index (χ3v) is 4.79. The largest absolute Gasteiger partial charge is 0.466 e. The van der Waals surface area contributed by atoms with Gasteiger partial charge >= 0.3 is 5.97 Å². The van der Waals surface area contributed by atoms with Crippen LogP contribution < -0.4 is 0 Å². The van der Waals surface area contributed by atoms with E-state index < -0.39 is 0 Å². The van der Waals surface area contributed by atoms with Crippen LogP contribution in [0.4, 0.5) is 0 Å². The number of alkyl halides is 1. The quantitative estimate of drug-likeness (QED) is 0.160. The molecule has 0 rings (SSSR count). The molecule has 0 fully saturated rings. The Morgan fingerprint density at radius 3 is 1.65 bits per heavy atom. The standard InChI is InChI=1S/C20H39ClO2/c1-3-4-5-6-7-8-9-10-11-12-13-14-15-16-20(21)17-18-23-19(2)22/h20H,3-18H2,1-2H3. The van der Waals surface area contributed by atoms with Gasteiger partial charge in [-0.05, 0) is 12.8 Å². The molecule has 1 unspecified atom stereocenters. The SMILES string of the molecule is CCCCCCCCCCCCCCCC(Cl)CCOC(C)=O. The van der Waals surface area contributed by atoms with Crippen LogP contribution in [-0.2, 0) is 9.53 Å². The van der Waals surface area contributed by atoms with Gasteiger partial charge in [0, 0.05) is 12.3 Å². The number of halogens is 1. The number of hydrogen-bond acceptors (Lipinski definition) is 2. The molecule has 1 atom stereocenters. The maximum Gasteiger partial charge on any atom is 0.302 e. The van der Waals surface area contributed by atoms with Crippen LogP contribution in [0.15, 0.2) is 0 Å². The van der Waals surface area contributed by atoms with Crippen molar-refractivity contribution in [1.82, 2.24) is 0 Å². The van der Waals surface area contributed by atoms with Gasteiger partial charge in [0.2, 0.25) is 0 Å². The Morgan fingerprint density at radius 2 is 1.22 bits per heavy atom. The lowest BCUT2D eigenvalue weighted by molar-refractivity contribution is -0.141. The number of ether oxygens (including phenoxy) is 1. The van der Waals surface area contributed by atoms with Crippen LogP contribution >= 0.6 is 11.6 Å². The zero-order chi connectivity index (χ0) is 17.2. The molecule has 0 saturated heterocycles. The van der Waals surface area contributed by atoms with Crippen LogP contribution in [0.25, 0.3) is 0 Å². The maximum absolute atomic E-state index is 10.6. The first-order valence-corrected chi connectivity index (χ1v) is 10.4. The third-order valence-electron chi connectivity index (χ3n) is 4.36. The van der Waals surface area contributed by atoms with Gasteiger partial charge in [-0.1, -0.05) is 90.4 Å². The van der Waals surface area contributed by atoms with E-state index in [9.17, 15) is 4.79 Å². The van der Waals surface area contributed by atoms with Crippen LogP contribution in [0.2, 0.25) is 0 Å². The summed E-state index contributed by atoms with van der Waals surface area (Å²) < 4.78 is 4.91. The summed E-state index contributed by atoms with van der Waals surface area (Å²) in [4.78, 5) is 10.6. The molecule has 0 N–H and O–H groups in total. The summed E-state index contributed by atoms with van der Waals surface area (Å²) in [6.45, 7) is 4.17. The van der Waals surface area contributed by atoms with Crippen molar-refractivity contribution in [1.29, 1.82) is 0 Å². The molecule has 0 aliphatic heterocycles. The van der Waals surface area contributed by atoms with E-state index in [0.29, 0.717) is 6.61 Å². The average Bonchev–Trinajstić information content (AvgIpc) is 2.51. The van der Waals surface area contributed by atoms with Crippen LogP contribution in [0, 0.1) is 0 Å². The van der Waals surface area contributed by atoms with E-state index in [-0.39, 0.29) is 11.3 Å². The maximum atomic E-state index is 10.6. The molecule has 0 aromatic carbocycles. The van der Waals surface area contributed by atoms with E-state index in [2.05, 4.69) is 6.92 Å². The zero-order valence-electron chi connectivity index (χ0n) is 15.6. The van der Waals surface area contributed by atoms with Crippen molar-refractivity contribution in [3.8, 4) is 0 Å². The van der Waals surface area contributed by atoms with Gasteiger partial charge in [-0.25, -0.2) is 0 Å². The number of carbonyl (C=O) groups excluding carboxylic acids is 1. The number of unbranched alkanes of at least 4 members (excludes halogenated alkanes) is 12. The Labute approximate surface area is 149 Å². The molecular formula is C20H39ClO2. The fourth-order valence-electron chi connectivity index (χ4n) is 2.86. The first kappa shape index (κ1) is 22.8. The molecule has 0 saturated carbocycles. The van der Waals surface area contributed by atoms with Crippen molar-refractivity contribution >= 4 is 17.6 Å². The highest BCUT2D eigenvalue weighted by atomic mass is 35.5. The summed E-state index contributed by atoms with van der Waals surface area (Å²) in [7, 11) is 0. The molecule has 0 aliphatic carbocycles. The van der Waals surface area contributed by atoms with Crippen LogP contribution in [0.5, 0.6) is 0 Å². The Balaban J connectivity index is 3.11. The van der Waals surface area contributed by atoms with E-state index >= 15 is 0 Å². The predicted octanol–water partition coefficient (Wildman–Crippen LogP) is 7.03.